The van der Waals surface area contributed by atoms with E-state index < -0.39 is 0 Å². The Morgan fingerprint density at radius 3 is 2.65 bits per heavy atom. The summed E-state index contributed by atoms with van der Waals surface area (Å²) in [5.41, 5.74) is 0.551. The van der Waals surface area contributed by atoms with Gasteiger partial charge in [0.15, 0.2) is 0 Å². The van der Waals surface area contributed by atoms with E-state index in [0.29, 0.717) is 17.4 Å². The van der Waals surface area contributed by atoms with E-state index in [2.05, 4.69) is 22.4 Å². The first-order valence-electron chi connectivity index (χ1n) is 7.09. The topological polar surface area (TPSA) is 76.2 Å². The van der Waals surface area contributed by atoms with Gasteiger partial charge < -0.3 is 10.2 Å². The van der Waals surface area contributed by atoms with Gasteiger partial charge in [0.1, 0.15) is 5.69 Å². The Morgan fingerprint density at radius 2 is 2.05 bits per heavy atom. The minimum absolute atomic E-state index is 0.0934. The van der Waals surface area contributed by atoms with Crippen LogP contribution in [0.25, 0.3) is 0 Å². The summed E-state index contributed by atoms with van der Waals surface area (Å²) in [6.07, 6.45) is 3.48. The molecule has 0 radical (unpaired) electrons. The highest BCUT2D eigenvalue weighted by Crippen LogP contribution is 2.27. The lowest BCUT2D eigenvalue weighted by atomic mass is 9.94. The van der Waals surface area contributed by atoms with E-state index >= 15 is 0 Å². The minimum atomic E-state index is -0.361. The third kappa shape index (κ3) is 3.27. The van der Waals surface area contributed by atoms with Crippen molar-refractivity contribution in [3.8, 4) is 0 Å². The van der Waals surface area contributed by atoms with Gasteiger partial charge in [0, 0.05) is 13.6 Å². The molecule has 1 aromatic heterocycles. The molecule has 112 valence electrons. The molecule has 1 N–H and O–H groups in total. The molecule has 0 aliphatic carbocycles. The van der Waals surface area contributed by atoms with Gasteiger partial charge in [0.05, 0.1) is 4.92 Å². The van der Waals surface area contributed by atoms with Crippen molar-refractivity contribution in [1.82, 2.24) is 14.7 Å². The first kappa shape index (κ1) is 14.8. The van der Waals surface area contributed by atoms with Crippen molar-refractivity contribution in [3.05, 3.63) is 15.8 Å². The summed E-state index contributed by atoms with van der Waals surface area (Å²) >= 11 is 0. The number of piperidine rings is 1. The zero-order valence-electron chi connectivity index (χ0n) is 12.4. The van der Waals surface area contributed by atoms with Crippen molar-refractivity contribution in [3.63, 3.8) is 0 Å². The molecule has 0 spiro atoms. The molecule has 1 fully saturated rings. The largest absolute Gasteiger partial charge is 0.365 e. The summed E-state index contributed by atoms with van der Waals surface area (Å²) < 4.78 is 1.56. The van der Waals surface area contributed by atoms with E-state index in [9.17, 15) is 10.1 Å². The number of hydrogen-bond donors (Lipinski definition) is 1. The van der Waals surface area contributed by atoms with E-state index in [1.54, 1.807) is 18.7 Å². The Kier molecular flexibility index (Phi) is 4.59. The van der Waals surface area contributed by atoms with Crippen LogP contribution in [0.5, 0.6) is 0 Å². The number of nitrogens with zero attached hydrogens (tertiary/aromatic N) is 4. The molecule has 0 saturated carbocycles. The molecular weight excluding hydrogens is 258 g/mol. The van der Waals surface area contributed by atoms with Crippen LogP contribution in [0.15, 0.2) is 0 Å². The smallest absolute Gasteiger partial charge is 0.333 e. The minimum Gasteiger partial charge on any atom is -0.365 e. The molecule has 2 heterocycles. The van der Waals surface area contributed by atoms with Crippen LogP contribution in [-0.4, -0.2) is 46.3 Å². The third-order valence-electron chi connectivity index (χ3n) is 4.06. The molecule has 1 aromatic rings. The quantitative estimate of drug-likeness (QED) is 0.657. The van der Waals surface area contributed by atoms with Crippen LogP contribution < -0.4 is 5.32 Å². The van der Waals surface area contributed by atoms with Crippen LogP contribution in [-0.2, 0) is 7.05 Å². The van der Waals surface area contributed by atoms with Gasteiger partial charge in [0.25, 0.3) is 0 Å². The van der Waals surface area contributed by atoms with Gasteiger partial charge >= 0.3 is 5.69 Å². The van der Waals surface area contributed by atoms with Crippen LogP contribution in [0.4, 0.5) is 11.5 Å². The molecule has 7 nitrogen and oxygen atoms in total. The molecule has 0 amide bonds. The summed E-state index contributed by atoms with van der Waals surface area (Å²) in [7, 11) is 3.88. The zero-order valence-corrected chi connectivity index (χ0v) is 12.4. The van der Waals surface area contributed by atoms with E-state index in [0.717, 1.165) is 26.1 Å². The van der Waals surface area contributed by atoms with E-state index in [1.807, 2.05) is 0 Å². The van der Waals surface area contributed by atoms with Crippen LogP contribution in [0.3, 0.4) is 0 Å². The van der Waals surface area contributed by atoms with Gasteiger partial charge in [-0.2, -0.15) is 5.10 Å². The number of nitro groups is 1. The van der Waals surface area contributed by atoms with Gasteiger partial charge in [-0.25, -0.2) is 4.68 Å². The predicted molar refractivity (Wildman–Crippen MR) is 77.9 cm³/mol. The highest BCUT2D eigenvalue weighted by atomic mass is 16.6. The lowest BCUT2D eigenvalue weighted by Gasteiger charge is -2.28. The van der Waals surface area contributed by atoms with Crippen molar-refractivity contribution in [2.75, 3.05) is 32.0 Å². The van der Waals surface area contributed by atoms with Crippen molar-refractivity contribution < 1.29 is 4.92 Å². The number of hydrogen-bond acceptors (Lipinski definition) is 5. The van der Waals surface area contributed by atoms with Gasteiger partial charge in [-0.3, -0.25) is 10.1 Å². The van der Waals surface area contributed by atoms with Gasteiger partial charge in [-0.15, -0.1) is 0 Å². The fraction of sp³-hybridized carbons (Fsp3) is 0.769. The fourth-order valence-electron chi connectivity index (χ4n) is 2.81. The third-order valence-corrected chi connectivity index (χ3v) is 4.06. The lowest BCUT2D eigenvalue weighted by molar-refractivity contribution is -0.384. The molecular formula is C13H23N5O2. The maximum atomic E-state index is 11.1. The zero-order chi connectivity index (χ0) is 14.7. The van der Waals surface area contributed by atoms with Crippen LogP contribution in [0.2, 0.25) is 0 Å². The van der Waals surface area contributed by atoms with Crippen LogP contribution >= 0.6 is 0 Å². The van der Waals surface area contributed by atoms with E-state index in [4.69, 9.17) is 0 Å². The average Bonchev–Trinajstić information content (AvgIpc) is 2.66. The summed E-state index contributed by atoms with van der Waals surface area (Å²) in [6.45, 7) is 4.72. The molecule has 2 rings (SSSR count). The number of aromatic nitrogens is 2. The monoisotopic (exact) mass is 281 g/mol. The Bertz CT molecular complexity index is 477. The normalized spacial score (nSPS) is 17.4. The number of likely N-dealkylation sites (tertiary alicyclic amines) is 1. The Hall–Kier alpha value is -1.63. The summed E-state index contributed by atoms with van der Waals surface area (Å²) in [5.74, 6) is 1.23. The maximum Gasteiger partial charge on any atom is 0.333 e. The van der Waals surface area contributed by atoms with Crippen molar-refractivity contribution in [1.29, 1.82) is 0 Å². The van der Waals surface area contributed by atoms with Crippen LogP contribution in [0.1, 0.15) is 25.0 Å². The van der Waals surface area contributed by atoms with E-state index in [1.165, 1.54) is 12.8 Å². The molecule has 1 saturated heterocycles. The molecule has 20 heavy (non-hydrogen) atoms. The van der Waals surface area contributed by atoms with Gasteiger partial charge in [0.2, 0.25) is 5.82 Å². The predicted octanol–water partition coefficient (Wildman–Crippen LogP) is 1.78. The van der Waals surface area contributed by atoms with Gasteiger partial charge in [-0.1, -0.05) is 0 Å². The Labute approximate surface area is 119 Å². The van der Waals surface area contributed by atoms with Crippen molar-refractivity contribution in [2.45, 2.75) is 26.2 Å². The average molecular weight is 281 g/mol. The van der Waals surface area contributed by atoms with Crippen LogP contribution in [0, 0.1) is 23.0 Å². The molecule has 7 heteroatoms. The molecule has 1 aliphatic heterocycles. The first-order valence-corrected chi connectivity index (χ1v) is 7.09. The highest BCUT2D eigenvalue weighted by Gasteiger charge is 2.24. The number of rotatable bonds is 5. The second kappa shape index (κ2) is 6.21. The SMILES string of the molecule is Cc1nn(C)c(NCCC2CCN(C)CC2)c1[N+](=O)[O-]. The number of aryl methyl sites for hydroxylation is 2. The molecule has 0 atom stereocenters. The standard InChI is InChI=1S/C13H23N5O2/c1-10-12(18(19)20)13(17(3)15-10)14-7-4-11-5-8-16(2)9-6-11/h11,14H,4-9H2,1-3H3. The summed E-state index contributed by atoms with van der Waals surface area (Å²) in [5, 5.41) is 18.4. The summed E-state index contributed by atoms with van der Waals surface area (Å²) in [4.78, 5) is 13.0. The molecule has 1 aliphatic rings. The maximum absolute atomic E-state index is 11.1. The highest BCUT2D eigenvalue weighted by molar-refractivity contribution is 5.59. The first-order chi connectivity index (χ1) is 9.49. The molecule has 0 unspecified atom stereocenters. The lowest BCUT2D eigenvalue weighted by Crippen LogP contribution is -2.31. The Balaban J connectivity index is 1.90. The van der Waals surface area contributed by atoms with Crippen molar-refractivity contribution >= 4 is 11.5 Å². The Morgan fingerprint density at radius 1 is 1.40 bits per heavy atom. The van der Waals surface area contributed by atoms with E-state index in [-0.39, 0.29) is 10.6 Å². The second-order valence-electron chi connectivity index (χ2n) is 5.63. The van der Waals surface area contributed by atoms with Crippen molar-refractivity contribution in [2.24, 2.45) is 13.0 Å². The second-order valence-corrected chi connectivity index (χ2v) is 5.63. The van der Waals surface area contributed by atoms with Gasteiger partial charge in [-0.05, 0) is 52.2 Å². The molecule has 0 aromatic carbocycles. The number of nitrogens with one attached hydrogen (secondary N) is 1. The summed E-state index contributed by atoms with van der Waals surface area (Å²) in [6, 6.07) is 0. The number of anilines is 1. The fourth-order valence-corrected chi connectivity index (χ4v) is 2.81. The molecule has 0 bridgehead atoms.